The third-order valence-electron chi connectivity index (χ3n) is 2.16. The van der Waals surface area contributed by atoms with Crippen molar-refractivity contribution in [3.63, 3.8) is 0 Å². The van der Waals surface area contributed by atoms with E-state index in [1.54, 1.807) is 6.92 Å². The molecule has 0 N–H and O–H groups in total. The van der Waals surface area contributed by atoms with Crippen LogP contribution in [-0.4, -0.2) is 29.7 Å². The van der Waals surface area contributed by atoms with Gasteiger partial charge in [-0.25, -0.2) is 9.78 Å². The zero-order valence-electron chi connectivity index (χ0n) is 10.1. The van der Waals surface area contributed by atoms with Crippen molar-refractivity contribution >= 4 is 17.6 Å². The number of hydrogen-bond acceptors (Lipinski definition) is 5. The predicted molar refractivity (Wildman–Crippen MR) is 63.5 cm³/mol. The quantitative estimate of drug-likeness (QED) is 0.461. The fraction of sp³-hybridized carbons (Fsp3) is 0.545. The third kappa shape index (κ3) is 3.56. The lowest BCUT2D eigenvalue weighted by atomic mass is 10.2. The van der Waals surface area contributed by atoms with Gasteiger partial charge in [0, 0.05) is 0 Å². The summed E-state index contributed by atoms with van der Waals surface area (Å²) in [5, 5.41) is 0.0571. The van der Waals surface area contributed by atoms with E-state index in [4.69, 9.17) is 16.3 Å². The molecule has 0 saturated heterocycles. The van der Waals surface area contributed by atoms with Crippen molar-refractivity contribution in [3.05, 3.63) is 16.5 Å². The van der Waals surface area contributed by atoms with Gasteiger partial charge in [0.1, 0.15) is 5.56 Å². The van der Waals surface area contributed by atoms with Crippen molar-refractivity contribution in [1.29, 1.82) is 0 Å². The van der Waals surface area contributed by atoms with Gasteiger partial charge in [0.05, 0.1) is 19.4 Å². The first-order valence-corrected chi connectivity index (χ1v) is 5.73. The van der Waals surface area contributed by atoms with Gasteiger partial charge < -0.3 is 9.47 Å². The average molecular weight is 259 g/mol. The minimum Gasteiger partial charge on any atom is -0.477 e. The molecule has 1 heterocycles. The van der Waals surface area contributed by atoms with Crippen LogP contribution in [0.1, 0.15) is 35.8 Å². The zero-order valence-corrected chi connectivity index (χ0v) is 10.9. The first-order valence-electron chi connectivity index (χ1n) is 5.35. The van der Waals surface area contributed by atoms with Crippen LogP contribution in [0.15, 0.2) is 0 Å². The normalized spacial score (nSPS) is 10.1. The molecule has 1 aromatic rings. The molecule has 0 fully saturated rings. The van der Waals surface area contributed by atoms with Gasteiger partial charge in [-0.05, 0) is 24.9 Å². The summed E-state index contributed by atoms with van der Waals surface area (Å²) in [6.45, 7) is 4.18. The Hall–Kier alpha value is -1.36. The highest BCUT2D eigenvalue weighted by atomic mass is 35.5. The Morgan fingerprint density at radius 2 is 2.12 bits per heavy atom. The minimum absolute atomic E-state index is 0.0571. The summed E-state index contributed by atoms with van der Waals surface area (Å²) in [5.41, 5.74) is 0.677. The number of rotatable bonds is 5. The average Bonchev–Trinajstić information content (AvgIpc) is 2.28. The molecule has 0 aliphatic heterocycles. The molecule has 5 nitrogen and oxygen atoms in total. The van der Waals surface area contributed by atoms with Crippen LogP contribution in [0, 0.1) is 6.92 Å². The summed E-state index contributed by atoms with van der Waals surface area (Å²) in [6.07, 6.45) is 1.87. The second kappa shape index (κ2) is 6.39. The molecule has 6 heteroatoms. The fourth-order valence-corrected chi connectivity index (χ4v) is 1.47. The molecule has 0 radical (unpaired) electrons. The molecule has 1 rings (SSSR count). The highest BCUT2D eigenvalue weighted by Crippen LogP contribution is 2.21. The molecule has 0 amide bonds. The Labute approximate surface area is 105 Å². The van der Waals surface area contributed by atoms with E-state index in [1.165, 1.54) is 7.11 Å². The standard InChI is InChI=1S/C11H15ClN2O3/c1-4-5-6-17-9-8(10(15)16-3)7(2)13-11(12)14-9/h4-6H2,1-3H3. The van der Waals surface area contributed by atoms with Crippen molar-refractivity contribution in [2.24, 2.45) is 0 Å². The van der Waals surface area contributed by atoms with Gasteiger partial charge in [0.15, 0.2) is 0 Å². The van der Waals surface area contributed by atoms with E-state index in [0.29, 0.717) is 12.3 Å². The fourth-order valence-electron chi connectivity index (χ4n) is 1.27. The number of carbonyl (C=O) groups excluding carboxylic acids is 1. The molecule has 0 saturated carbocycles. The van der Waals surface area contributed by atoms with E-state index >= 15 is 0 Å². The second-order valence-corrected chi connectivity index (χ2v) is 3.79. The van der Waals surface area contributed by atoms with E-state index in [0.717, 1.165) is 12.8 Å². The number of carbonyl (C=O) groups is 1. The highest BCUT2D eigenvalue weighted by molar-refractivity contribution is 6.28. The number of methoxy groups -OCH3 is 1. The third-order valence-corrected chi connectivity index (χ3v) is 2.32. The number of nitrogens with zero attached hydrogens (tertiary/aromatic N) is 2. The maximum absolute atomic E-state index is 11.6. The SMILES string of the molecule is CCCCOc1nc(Cl)nc(C)c1C(=O)OC. The number of aromatic nitrogens is 2. The molecule has 0 spiro atoms. The summed E-state index contributed by atoms with van der Waals surface area (Å²) in [4.78, 5) is 19.4. The zero-order chi connectivity index (χ0) is 12.8. The lowest BCUT2D eigenvalue weighted by molar-refractivity contribution is 0.0593. The molecule has 94 valence electrons. The molecule has 17 heavy (non-hydrogen) atoms. The Bertz CT molecular complexity index is 410. The maximum atomic E-state index is 11.6. The number of ether oxygens (including phenoxy) is 2. The van der Waals surface area contributed by atoms with Gasteiger partial charge in [-0.1, -0.05) is 13.3 Å². The van der Waals surface area contributed by atoms with E-state index in [2.05, 4.69) is 14.7 Å². The van der Waals surface area contributed by atoms with Crippen molar-refractivity contribution in [3.8, 4) is 5.88 Å². The molecule has 1 aromatic heterocycles. The second-order valence-electron chi connectivity index (χ2n) is 3.45. The van der Waals surface area contributed by atoms with Crippen molar-refractivity contribution in [2.45, 2.75) is 26.7 Å². The summed E-state index contributed by atoms with van der Waals surface area (Å²) in [5.74, 6) is -0.339. The molecule has 0 bridgehead atoms. The number of hydrogen-bond donors (Lipinski definition) is 0. The largest absolute Gasteiger partial charge is 0.477 e. The van der Waals surface area contributed by atoms with E-state index in [9.17, 15) is 4.79 Å². The number of aryl methyl sites for hydroxylation is 1. The number of halogens is 1. The first-order chi connectivity index (χ1) is 8.10. The molecule has 0 unspecified atom stereocenters. The van der Waals surface area contributed by atoms with E-state index in [-0.39, 0.29) is 16.7 Å². The number of esters is 1. The summed E-state index contributed by atoms with van der Waals surface area (Å²) < 4.78 is 10.1. The number of unbranched alkanes of at least 4 members (excludes halogenated alkanes) is 1. The lowest BCUT2D eigenvalue weighted by Crippen LogP contribution is -2.12. The van der Waals surface area contributed by atoms with Crippen molar-refractivity contribution in [1.82, 2.24) is 9.97 Å². The molecular weight excluding hydrogens is 244 g/mol. The van der Waals surface area contributed by atoms with Gasteiger partial charge in [0.25, 0.3) is 0 Å². The Morgan fingerprint density at radius 3 is 2.71 bits per heavy atom. The van der Waals surface area contributed by atoms with Crippen LogP contribution in [0.5, 0.6) is 5.88 Å². The summed E-state index contributed by atoms with van der Waals surface area (Å²) in [6, 6.07) is 0. The lowest BCUT2D eigenvalue weighted by Gasteiger charge is -2.10. The van der Waals surface area contributed by atoms with E-state index in [1.807, 2.05) is 6.92 Å². The smallest absolute Gasteiger partial charge is 0.345 e. The molecular formula is C11H15ClN2O3. The van der Waals surface area contributed by atoms with Crippen LogP contribution >= 0.6 is 11.6 Å². The van der Waals surface area contributed by atoms with Crippen LogP contribution in [0.3, 0.4) is 0 Å². The van der Waals surface area contributed by atoms with Gasteiger partial charge in [0.2, 0.25) is 11.2 Å². The van der Waals surface area contributed by atoms with Crippen molar-refractivity contribution < 1.29 is 14.3 Å². The van der Waals surface area contributed by atoms with Crippen LogP contribution in [0.2, 0.25) is 5.28 Å². The van der Waals surface area contributed by atoms with Crippen LogP contribution in [0.25, 0.3) is 0 Å². The Balaban J connectivity index is 3.02. The molecule has 0 aliphatic rings. The molecule has 0 atom stereocenters. The van der Waals surface area contributed by atoms with Crippen LogP contribution < -0.4 is 4.74 Å². The van der Waals surface area contributed by atoms with Crippen LogP contribution in [0.4, 0.5) is 0 Å². The monoisotopic (exact) mass is 258 g/mol. The molecule has 0 aromatic carbocycles. The Kier molecular flexibility index (Phi) is 5.15. The molecule has 0 aliphatic carbocycles. The highest BCUT2D eigenvalue weighted by Gasteiger charge is 2.20. The maximum Gasteiger partial charge on any atom is 0.345 e. The van der Waals surface area contributed by atoms with Gasteiger partial charge in [-0.15, -0.1) is 0 Å². The minimum atomic E-state index is -0.523. The summed E-state index contributed by atoms with van der Waals surface area (Å²) >= 11 is 5.73. The van der Waals surface area contributed by atoms with Crippen molar-refractivity contribution in [2.75, 3.05) is 13.7 Å². The van der Waals surface area contributed by atoms with Crippen LogP contribution in [-0.2, 0) is 4.74 Å². The first kappa shape index (κ1) is 13.7. The Morgan fingerprint density at radius 1 is 1.41 bits per heavy atom. The van der Waals surface area contributed by atoms with E-state index < -0.39 is 5.97 Å². The predicted octanol–water partition coefficient (Wildman–Crippen LogP) is 2.40. The summed E-state index contributed by atoms with van der Waals surface area (Å²) in [7, 11) is 1.30. The topological polar surface area (TPSA) is 61.3 Å². The van der Waals surface area contributed by atoms with Gasteiger partial charge >= 0.3 is 5.97 Å². The van der Waals surface area contributed by atoms with Gasteiger partial charge in [-0.3, -0.25) is 0 Å². The van der Waals surface area contributed by atoms with Gasteiger partial charge in [-0.2, -0.15) is 4.98 Å².